The van der Waals surface area contributed by atoms with E-state index in [4.69, 9.17) is 5.73 Å². The van der Waals surface area contributed by atoms with Crippen LogP contribution in [-0.4, -0.2) is 11.8 Å². The number of nitrogens with one attached hydrogen (secondary N) is 1. The third-order valence-electron chi connectivity index (χ3n) is 4.77. The maximum absolute atomic E-state index is 12.5. The molecule has 4 nitrogen and oxygen atoms in total. The van der Waals surface area contributed by atoms with Crippen LogP contribution < -0.4 is 11.1 Å². The van der Waals surface area contributed by atoms with Crippen LogP contribution in [0.2, 0.25) is 0 Å². The Morgan fingerprint density at radius 3 is 2.39 bits per heavy atom. The van der Waals surface area contributed by atoms with E-state index in [1.54, 1.807) is 0 Å². The number of anilines is 1. The van der Waals surface area contributed by atoms with Gasteiger partial charge in [-0.25, -0.2) is 0 Å². The highest BCUT2D eigenvalue weighted by atomic mass is 32.1. The van der Waals surface area contributed by atoms with Gasteiger partial charge in [0.1, 0.15) is 5.00 Å². The highest BCUT2D eigenvalue weighted by molar-refractivity contribution is 7.17. The molecule has 0 bridgehead atoms. The summed E-state index contributed by atoms with van der Waals surface area (Å²) in [5.74, 6) is -0.656. The smallest absolute Gasteiger partial charge is 0.252 e. The van der Waals surface area contributed by atoms with E-state index in [-0.39, 0.29) is 5.91 Å². The SMILES string of the molecule is Cc1ccc(CCC(=O)Nc2sc(C)c(-c3ccccc3)c2C(N)=O)c(C)c1. The van der Waals surface area contributed by atoms with Crippen LogP contribution in [0, 0.1) is 20.8 Å². The van der Waals surface area contributed by atoms with Crippen LogP contribution in [0.1, 0.15) is 38.3 Å². The highest BCUT2D eigenvalue weighted by Crippen LogP contribution is 2.39. The lowest BCUT2D eigenvalue weighted by molar-refractivity contribution is -0.116. The van der Waals surface area contributed by atoms with Gasteiger partial charge in [0.25, 0.3) is 5.91 Å². The first-order chi connectivity index (χ1) is 13.4. The number of primary amides is 1. The van der Waals surface area contributed by atoms with E-state index in [0.29, 0.717) is 23.4 Å². The molecule has 1 heterocycles. The van der Waals surface area contributed by atoms with Crippen molar-refractivity contribution in [2.45, 2.75) is 33.6 Å². The number of thiophene rings is 1. The predicted octanol–water partition coefficient (Wildman–Crippen LogP) is 5.01. The monoisotopic (exact) mass is 392 g/mol. The molecule has 2 aromatic carbocycles. The minimum atomic E-state index is -0.534. The number of hydrogen-bond donors (Lipinski definition) is 2. The standard InChI is InChI=1S/C23H24N2O2S/c1-14-9-10-17(15(2)13-14)11-12-19(26)25-23-21(22(24)27)20(16(3)28-23)18-7-5-4-6-8-18/h4-10,13H,11-12H2,1-3H3,(H2,24,27)(H,25,26). The Labute approximate surface area is 169 Å². The van der Waals surface area contributed by atoms with Crippen LogP contribution in [0.25, 0.3) is 11.1 Å². The normalized spacial score (nSPS) is 10.7. The van der Waals surface area contributed by atoms with Crippen LogP contribution in [0.15, 0.2) is 48.5 Å². The van der Waals surface area contributed by atoms with Crippen LogP contribution in [-0.2, 0) is 11.2 Å². The summed E-state index contributed by atoms with van der Waals surface area (Å²) in [6.45, 7) is 6.04. The highest BCUT2D eigenvalue weighted by Gasteiger charge is 2.22. The molecular formula is C23H24N2O2S. The van der Waals surface area contributed by atoms with Gasteiger partial charge in [0.2, 0.25) is 5.91 Å². The Hall–Kier alpha value is -2.92. The van der Waals surface area contributed by atoms with Crippen LogP contribution in [0.4, 0.5) is 5.00 Å². The third kappa shape index (κ3) is 4.31. The topological polar surface area (TPSA) is 72.2 Å². The van der Waals surface area contributed by atoms with E-state index in [2.05, 4.69) is 37.4 Å². The van der Waals surface area contributed by atoms with E-state index in [1.165, 1.54) is 22.5 Å². The lowest BCUT2D eigenvalue weighted by Crippen LogP contribution is -2.17. The van der Waals surface area contributed by atoms with Crippen molar-refractivity contribution in [3.05, 3.63) is 75.7 Å². The first-order valence-corrected chi connectivity index (χ1v) is 10.0. The van der Waals surface area contributed by atoms with Gasteiger partial charge in [-0.15, -0.1) is 11.3 Å². The number of hydrogen-bond acceptors (Lipinski definition) is 3. The molecule has 0 aliphatic carbocycles. The fraction of sp³-hybridized carbons (Fsp3) is 0.217. The van der Waals surface area contributed by atoms with Crippen molar-refractivity contribution in [2.75, 3.05) is 5.32 Å². The summed E-state index contributed by atoms with van der Waals surface area (Å²) in [4.78, 5) is 25.6. The maximum Gasteiger partial charge on any atom is 0.252 e. The average Bonchev–Trinajstić information content (AvgIpc) is 2.97. The minimum Gasteiger partial charge on any atom is -0.365 e. The molecule has 3 aromatic rings. The molecular weight excluding hydrogens is 368 g/mol. The number of amides is 2. The first-order valence-electron chi connectivity index (χ1n) is 9.21. The lowest BCUT2D eigenvalue weighted by Gasteiger charge is -2.09. The number of rotatable bonds is 6. The number of benzene rings is 2. The maximum atomic E-state index is 12.5. The summed E-state index contributed by atoms with van der Waals surface area (Å²) in [6.07, 6.45) is 0.999. The largest absolute Gasteiger partial charge is 0.365 e. The molecule has 0 saturated carbocycles. The molecule has 0 spiro atoms. The molecule has 2 amide bonds. The van der Waals surface area contributed by atoms with E-state index >= 15 is 0 Å². The van der Waals surface area contributed by atoms with E-state index in [9.17, 15) is 9.59 Å². The van der Waals surface area contributed by atoms with Crippen molar-refractivity contribution in [3.8, 4) is 11.1 Å². The van der Waals surface area contributed by atoms with Crippen molar-refractivity contribution < 1.29 is 9.59 Å². The summed E-state index contributed by atoms with van der Waals surface area (Å²) in [7, 11) is 0. The van der Waals surface area contributed by atoms with Gasteiger partial charge in [-0.2, -0.15) is 0 Å². The van der Waals surface area contributed by atoms with Crippen molar-refractivity contribution in [3.63, 3.8) is 0 Å². The van der Waals surface area contributed by atoms with Gasteiger partial charge in [0, 0.05) is 16.9 Å². The number of carbonyl (C=O) groups is 2. The van der Waals surface area contributed by atoms with Gasteiger partial charge in [-0.3, -0.25) is 9.59 Å². The van der Waals surface area contributed by atoms with Gasteiger partial charge >= 0.3 is 0 Å². The van der Waals surface area contributed by atoms with E-state index in [0.717, 1.165) is 21.6 Å². The molecule has 0 unspecified atom stereocenters. The van der Waals surface area contributed by atoms with Crippen LogP contribution in [0.3, 0.4) is 0 Å². The molecule has 0 aliphatic heterocycles. The van der Waals surface area contributed by atoms with Crippen molar-refractivity contribution in [2.24, 2.45) is 5.73 Å². The van der Waals surface area contributed by atoms with Crippen molar-refractivity contribution in [1.82, 2.24) is 0 Å². The second-order valence-corrected chi connectivity index (χ2v) is 8.17. The Morgan fingerprint density at radius 2 is 1.75 bits per heavy atom. The number of aryl methyl sites for hydroxylation is 4. The van der Waals surface area contributed by atoms with Gasteiger partial charge < -0.3 is 11.1 Å². The Morgan fingerprint density at radius 1 is 1.04 bits per heavy atom. The molecule has 0 fully saturated rings. The van der Waals surface area contributed by atoms with Crippen LogP contribution in [0.5, 0.6) is 0 Å². The molecule has 0 saturated heterocycles. The Balaban J connectivity index is 1.80. The molecule has 0 atom stereocenters. The molecule has 5 heteroatoms. The van der Waals surface area contributed by atoms with Gasteiger partial charge in [-0.05, 0) is 43.9 Å². The van der Waals surface area contributed by atoms with E-state index in [1.807, 2.05) is 37.3 Å². The fourth-order valence-electron chi connectivity index (χ4n) is 3.38. The van der Waals surface area contributed by atoms with Gasteiger partial charge in [0.05, 0.1) is 5.56 Å². The van der Waals surface area contributed by atoms with Crippen LogP contribution >= 0.6 is 11.3 Å². The molecule has 3 N–H and O–H groups in total. The molecule has 3 rings (SSSR count). The predicted molar refractivity (Wildman–Crippen MR) is 116 cm³/mol. The molecule has 1 aromatic heterocycles. The fourth-order valence-corrected chi connectivity index (χ4v) is 4.48. The zero-order valence-electron chi connectivity index (χ0n) is 16.3. The van der Waals surface area contributed by atoms with Crippen molar-refractivity contribution in [1.29, 1.82) is 0 Å². The van der Waals surface area contributed by atoms with Crippen molar-refractivity contribution >= 4 is 28.2 Å². The van der Waals surface area contributed by atoms with Gasteiger partial charge in [0.15, 0.2) is 0 Å². The van der Waals surface area contributed by atoms with E-state index < -0.39 is 5.91 Å². The second-order valence-electron chi connectivity index (χ2n) is 6.95. The molecule has 0 aliphatic rings. The Bertz CT molecular complexity index is 1020. The molecule has 144 valence electrons. The summed E-state index contributed by atoms with van der Waals surface area (Å²) in [5.41, 5.74) is 11.3. The zero-order valence-corrected chi connectivity index (χ0v) is 17.2. The quantitative estimate of drug-likeness (QED) is 0.619. The summed E-state index contributed by atoms with van der Waals surface area (Å²) < 4.78 is 0. The first kappa shape index (κ1) is 19.8. The summed E-state index contributed by atoms with van der Waals surface area (Å²) in [5, 5.41) is 3.43. The average molecular weight is 393 g/mol. The second kappa shape index (κ2) is 8.40. The zero-order chi connectivity index (χ0) is 20.3. The lowest BCUT2D eigenvalue weighted by atomic mass is 10.0. The number of carbonyl (C=O) groups excluding carboxylic acids is 2. The minimum absolute atomic E-state index is 0.122. The van der Waals surface area contributed by atoms with Gasteiger partial charge in [-0.1, -0.05) is 54.1 Å². The summed E-state index contributed by atoms with van der Waals surface area (Å²) >= 11 is 1.39. The molecule has 0 radical (unpaired) electrons. The summed E-state index contributed by atoms with van der Waals surface area (Å²) in [6, 6.07) is 15.9. The third-order valence-corrected chi connectivity index (χ3v) is 5.79. The number of nitrogens with two attached hydrogens (primary N) is 1. The molecule has 28 heavy (non-hydrogen) atoms. The Kier molecular flexibility index (Phi) is 5.95.